The topological polar surface area (TPSA) is 80.4 Å². The van der Waals surface area contributed by atoms with Gasteiger partial charge in [0.25, 0.3) is 0 Å². The van der Waals surface area contributed by atoms with Gasteiger partial charge in [-0.15, -0.1) is 0 Å². The Kier molecular flexibility index (Phi) is 2.76. The van der Waals surface area contributed by atoms with Gasteiger partial charge in [-0.05, 0) is 12.8 Å². The van der Waals surface area contributed by atoms with Crippen molar-refractivity contribution < 1.29 is 14.7 Å². The van der Waals surface area contributed by atoms with Crippen LogP contribution in [0.3, 0.4) is 0 Å². The fourth-order valence-electron chi connectivity index (χ4n) is 0.804. The number of Topliss-reactive ketones (excluding diaryl/α,β-unsaturated/α-hetero) is 1. The Morgan fingerprint density at radius 3 is 1.82 bits per heavy atom. The number of nitrogens with two attached hydrogens (primary N) is 1. The molecule has 0 amide bonds. The molecule has 0 spiro atoms. The minimum Gasteiger partial charge on any atom is -0.480 e. The Bertz CT molecular complexity index is 172. The number of aliphatic carboxylic acids is 1. The van der Waals surface area contributed by atoms with Crippen molar-refractivity contribution in [2.75, 3.05) is 0 Å². The summed E-state index contributed by atoms with van der Waals surface area (Å²) in [6, 6.07) is 0. The third-order valence-electron chi connectivity index (χ3n) is 1.85. The summed E-state index contributed by atoms with van der Waals surface area (Å²) in [5.74, 6) is -2.17. The molecule has 0 fully saturated rings. The molecule has 0 aromatic heterocycles. The monoisotopic (exact) mass is 159 g/mol. The van der Waals surface area contributed by atoms with Crippen LogP contribution >= 0.6 is 0 Å². The Morgan fingerprint density at radius 2 is 1.82 bits per heavy atom. The molecule has 3 N–H and O–H groups in total. The van der Waals surface area contributed by atoms with Gasteiger partial charge in [-0.3, -0.25) is 4.79 Å². The van der Waals surface area contributed by atoms with Crippen molar-refractivity contribution in [2.24, 2.45) is 11.7 Å². The highest BCUT2D eigenvalue weighted by atomic mass is 16.4. The van der Waals surface area contributed by atoms with Gasteiger partial charge in [0.05, 0.1) is 0 Å². The van der Waals surface area contributed by atoms with E-state index in [1.165, 1.54) is 6.92 Å². The second-order valence-corrected chi connectivity index (χ2v) is 2.89. The second-order valence-electron chi connectivity index (χ2n) is 2.89. The van der Waals surface area contributed by atoms with E-state index in [0.29, 0.717) is 0 Å². The molecule has 0 saturated carbocycles. The molecule has 0 heterocycles. The average molecular weight is 159 g/mol. The molecule has 0 radical (unpaired) electrons. The zero-order valence-electron chi connectivity index (χ0n) is 6.92. The summed E-state index contributed by atoms with van der Waals surface area (Å²) in [5.41, 5.74) is 3.66. The van der Waals surface area contributed by atoms with Gasteiger partial charge in [0.1, 0.15) is 0 Å². The van der Waals surface area contributed by atoms with Crippen LogP contribution in [0.25, 0.3) is 0 Å². The largest absolute Gasteiger partial charge is 0.480 e. The fraction of sp³-hybridized carbons (Fsp3) is 0.714. The minimum absolute atomic E-state index is 0.391. The maximum Gasteiger partial charge on any atom is 0.331 e. The lowest BCUT2D eigenvalue weighted by molar-refractivity contribution is -0.149. The van der Waals surface area contributed by atoms with Gasteiger partial charge >= 0.3 is 5.97 Å². The van der Waals surface area contributed by atoms with Gasteiger partial charge in [0.2, 0.25) is 0 Å². The average Bonchev–Trinajstić information content (AvgIpc) is 1.84. The van der Waals surface area contributed by atoms with Crippen LogP contribution in [0.5, 0.6) is 0 Å². The van der Waals surface area contributed by atoms with Crippen LogP contribution in [0.1, 0.15) is 20.8 Å². The smallest absolute Gasteiger partial charge is 0.331 e. The van der Waals surface area contributed by atoms with Gasteiger partial charge in [0.15, 0.2) is 11.3 Å². The summed E-state index contributed by atoms with van der Waals surface area (Å²) < 4.78 is 0. The van der Waals surface area contributed by atoms with Gasteiger partial charge in [0, 0.05) is 0 Å². The molecule has 0 saturated heterocycles. The van der Waals surface area contributed by atoms with E-state index in [4.69, 9.17) is 10.8 Å². The fourth-order valence-corrected chi connectivity index (χ4v) is 0.804. The van der Waals surface area contributed by atoms with Crippen molar-refractivity contribution in [1.82, 2.24) is 0 Å². The van der Waals surface area contributed by atoms with Crippen molar-refractivity contribution in [3.05, 3.63) is 0 Å². The third-order valence-corrected chi connectivity index (χ3v) is 1.85. The number of hydrogen-bond donors (Lipinski definition) is 2. The predicted octanol–water partition coefficient (Wildman–Crippen LogP) is 0.0135. The van der Waals surface area contributed by atoms with Crippen LogP contribution in [-0.2, 0) is 9.59 Å². The first-order chi connectivity index (χ1) is 4.83. The highest BCUT2D eigenvalue weighted by molar-refractivity contribution is 6.06. The molecule has 11 heavy (non-hydrogen) atoms. The van der Waals surface area contributed by atoms with E-state index < -0.39 is 23.2 Å². The molecule has 1 atom stereocenters. The molecule has 0 aromatic rings. The van der Waals surface area contributed by atoms with Gasteiger partial charge in [-0.2, -0.15) is 0 Å². The van der Waals surface area contributed by atoms with E-state index in [1.54, 1.807) is 13.8 Å². The van der Waals surface area contributed by atoms with E-state index >= 15 is 0 Å². The number of carbonyl (C=O) groups excluding carboxylic acids is 1. The molecule has 64 valence electrons. The van der Waals surface area contributed by atoms with E-state index in [1.807, 2.05) is 0 Å². The summed E-state index contributed by atoms with van der Waals surface area (Å²) in [5, 5.41) is 8.63. The zero-order chi connectivity index (χ0) is 9.23. The Balaban J connectivity index is 4.82. The number of ketones is 1. The van der Waals surface area contributed by atoms with Crippen LogP contribution in [-0.4, -0.2) is 22.4 Å². The molecule has 0 aliphatic heterocycles. The van der Waals surface area contributed by atoms with E-state index in [0.717, 1.165) is 0 Å². The lowest BCUT2D eigenvalue weighted by Crippen LogP contribution is -2.57. The van der Waals surface area contributed by atoms with Crippen molar-refractivity contribution in [2.45, 2.75) is 26.3 Å². The molecule has 1 unspecified atom stereocenters. The zero-order valence-corrected chi connectivity index (χ0v) is 6.92. The van der Waals surface area contributed by atoms with Crippen molar-refractivity contribution >= 4 is 11.8 Å². The number of carboxylic acid groups (broad SMARTS) is 1. The molecule has 0 aromatic carbocycles. The quantitative estimate of drug-likeness (QED) is 0.568. The Morgan fingerprint density at radius 1 is 1.45 bits per heavy atom. The molecule has 0 bridgehead atoms. The van der Waals surface area contributed by atoms with Gasteiger partial charge in [-0.25, -0.2) is 4.79 Å². The number of carbonyl (C=O) groups is 2. The third kappa shape index (κ3) is 1.57. The molecular weight excluding hydrogens is 146 g/mol. The molecule has 0 rings (SSSR count). The van der Waals surface area contributed by atoms with E-state index in [9.17, 15) is 9.59 Å². The first-order valence-corrected chi connectivity index (χ1v) is 3.36. The molecule has 0 aliphatic rings. The Labute approximate surface area is 65.4 Å². The first kappa shape index (κ1) is 10.1. The number of carboxylic acids is 1. The van der Waals surface area contributed by atoms with Crippen molar-refractivity contribution in [1.29, 1.82) is 0 Å². The van der Waals surface area contributed by atoms with E-state index in [-0.39, 0.29) is 0 Å². The maximum atomic E-state index is 10.8. The summed E-state index contributed by atoms with van der Waals surface area (Å²) >= 11 is 0. The standard InChI is InChI=1S/C7H13NO3/c1-4(2)7(8,5(3)9)6(10)11/h4H,8H2,1-3H3,(H,10,11). The molecular formula is C7H13NO3. The van der Waals surface area contributed by atoms with Gasteiger partial charge in [-0.1, -0.05) is 13.8 Å². The summed E-state index contributed by atoms with van der Waals surface area (Å²) in [6.45, 7) is 4.40. The SMILES string of the molecule is CC(=O)C(N)(C(=O)O)C(C)C. The number of hydrogen-bond acceptors (Lipinski definition) is 3. The van der Waals surface area contributed by atoms with Crippen molar-refractivity contribution in [3.8, 4) is 0 Å². The summed E-state index contributed by atoms with van der Waals surface area (Å²) in [4.78, 5) is 21.4. The van der Waals surface area contributed by atoms with Gasteiger partial charge < -0.3 is 10.8 Å². The van der Waals surface area contributed by atoms with Crippen LogP contribution in [0, 0.1) is 5.92 Å². The first-order valence-electron chi connectivity index (χ1n) is 3.36. The normalized spacial score (nSPS) is 16.1. The summed E-state index contributed by atoms with van der Waals surface area (Å²) in [6.07, 6.45) is 0. The van der Waals surface area contributed by atoms with E-state index in [2.05, 4.69) is 0 Å². The molecule has 4 nitrogen and oxygen atoms in total. The lowest BCUT2D eigenvalue weighted by Gasteiger charge is -2.25. The van der Waals surface area contributed by atoms with Crippen LogP contribution in [0.4, 0.5) is 0 Å². The van der Waals surface area contributed by atoms with Crippen LogP contribution < -0.4 is 5.73 Å². The highest BCUT2D eigenvalue weighted by Crippen LogP contribution is 2.14. The number of rotatable bonds is 3. The summed E-state index contributed by atoms with van der Waals surface area (Å²) in [7, 11) is 0. The minimum atomic E-state index is -1.72. The van der Waals surface area contributed by atoms with Crippen LogP contribution in [0.2, 0.25) is 0 Å². The maximum absolute atomic E-state index is 10.8. The van der Waals surface area contributed by atoms with Crippen LogP contribution in [0.15, 0.2) is 0 Å². The Hall–Kier alpha value is -0.900. The molecule has 0 aliphatic carbocycles. The highest BCUT2D eigenvalue weighted by Gasteiger charge is 2.42. The lowest BCUT2D eigenvalue weighted by atomic mass is 9.84. The molecule has 4 heteroatoms. The second kappa shape index (κ2) is 3.00. The predicted molar refractivity (Wildman–Crippen MR) is 40.1 cm³/mol. The van der Waals surface area contributed by atoms with Crippen molar-refractivity contribution in [3.63, 3.8) is 0 Å².